The summed E-state index contributed by atoms with van der Waals surface area (Å²) in [6.45, 7) is 6.22. The molecule has 1 aliphatic heterocycles. The van der Waals surface area contributed by atoms with Crippen molar-refractivity contribution >= 4 is 15.7 Å². The molecule has 140 valence electrons. The van der Waals surface area contributed by atoms with Crippen LogP contribution in [0.5, 0.6) is 0 Å². The molecular weight excluding hydrogens is 346 g/mol. The Bertz CT molecular complexity index is 834. The van der Waals surface area contributed by atoms with Gasteiger partial charge in [-0.25, -0.2) is 13.4 Å². The van der Waals surface area contributed by atoms with E-state index in [4.69, 9.17) is 0 Å². The quantitative estimate of drug-likeness (QED) is 0.841. The maximum absolute atomic E-state index is 11.8. The van der Waals surface area contributed by atoms with E-state index in [0.29, 0.717) is 12.4 Å². The fraction of sp³-hybridized carbons (Fsp3) is 0.450. The molecule has 1 aromatic carbocycles. The first-order valence-electron chi connectivity index (χ1n) is 9.11. The van der Waals surface area contributed by atoms with Gasteiger partial charge in [0.25, 0.3) is 0 Å². The van der Waals surface area contributed by atoms with E-state index in [1.165, 1.54) is 37.8 Å². The molecule has 2 aromatic rings. The topological polar surface area (TPSA) is 62.3 Å². The standard InChI is InChI=1S/C20H27N3O2S/c1-16-5-4-12-23(14-16)15-18-9-7-17(8-10-18)13-22-20-19(26(2,24)25)6-3-11-21-20/h3,6-11,16H,4-5,12-15H2,1-2H3,(H,21,22). The number of hydrogen-bond acceptors (Lipinski definition) is 5. The van der Waals surface area contributed by atoms with E-state index in [2.05, 4.69) is 46.4 Å². The minimum Gasteiger partial charge on any atom is -0.365 e. The zero-order valence-electron chi connectivity index (χ0n) is 15.5. The van der Waals surface area contributed by atoms with Crippen LogP contribution in [0.3, 0.4) is 0 Å². The molecule has 0 aliphatic carbocycles. The molecule has 1 aromatic heterocycles. The zero-order valence-corrected chi connectivity index (χ0v) is 16.3. The summed E-state index contributed by atoms with van der Waals surface area (Å²) in [4.78, 5) is 6.92. The molecule has 0 bridgehead atoms. The lowest BCUT2D eigenvalue weighted by atomic mass is 9.99. The second-order valence-corrected chi connectivity index (χ2v) is 9.26. The van der Waals surface area contributed by atoms with Crippen LogP contribution in [-0.4, -0.2) is 37.6 Å². The number of pyridine rings is 1. The maximum atomic E-state index is 11.8. The van der Waals surface area contributed by atoms with Gasteiger partial charge in [0.2, 0.25) is 0 Å². The number of hydrogen-bond donors (Lipinski definition) is 1. The van der Waals surface area contributed by atoms with E-state index in [9.17, 15) is 8.42 Å². The molecule has 0 saturated carbocycles. The number of anilines is 1. The number of aromatic nitrogens is 1. The van der Waals surface area contributed by atoms with Crippen molar-refractivity contribution in [1.82, 2.24) is 9.88 Å². The van der Waals surface area contributed by atoms with E-state index < -0.39 is 9.84 Å². The molecule has 1 atom stereocenters. The average molecular weight is 374 g/mol. The van der Waals surface area contributed by atoms with Crippen LogP contribution in [0.25, 0.3) is 0 Å². The number of sulfone groups is 1. The van der Waals surface area contributed by atoms with Crippen LogP contribution in [0.4, 0.5) is 5.82 Å². The Balaban J connectivity index is 1.60. The number of piperidine rings is 1. The molecule has 2 heterocycles. The fourth-order valence-electron chi connectivity index (χ4n) is 3.46. The van der Waals surface area contributed by atoms with Gasteiger partial charge in [0.05, 0.1) is 0 Å². The van der Waals surface area contributed by atoms with Gasteiger partial charge >= 0.3 is 0 Å². The van der Waals surface area contributed by atoms with Crippen molar-refractivity contribution in [1.29, 1.82) is 0 Å². The molecule has 1 N–H and O–H groups in total. The van der Waals surface area contributed by atoms with Crippen molar-refractivity contribution in [3.63, 3.8) is 0 Å². The van der Waals surface area contributed by atoms with Gasteiger partial charge in [-0.1, -0.05) is 31.2 Å². The summed E-state index contributed by atoms with van der Waals surface area (Å²) in [5.74, 6) is 1.19. The SMILES string of the molecule is CC1CCCN(Cc2ccc(CNc3ncccc3S(C)(=O)=O)cc2)C1. The molecule has 6 heteroatoms. The monoisotopic (exact) mass is 373 g/mol. The van der Waals surface area contributed by atoms with Crippen molar-refractivity contribution in [2.24, 2.45) is 5.92 Å². The van der Waals surface area contributed by atoms with Crippen molar-refractivity contribution in [2.45, 2.75) is 37.8 Å². The number of benzene rings is 1. The first-order chi connectivity index (χ1) is 12.4. The van der Waals surface area contributed by atoms with Crippen molar-refractivity contribution in [3.8, 4) is 0 Å². The Kier molecular flexibility index (Phi) is 5.94. The Morgan fingerprint density at radius 1 is 1.19 bits per heavy atom. The normalized spacial score (nSPS) is 18.6. The highest BCUT2D eigenvalue weighted by Gasteiger charge is 2.16. The summed E-state index contributed by atoms with van der Waals surface area (Å²) in [6.07, 6.45) is 5.42. The molecule has 5 nitrogen and oxygen atoms in total. The van der Waals surface area contributed by atoms with Crippen LogP contribution >= 0.6 is 0 Å². The second-order valence-electron chi connectivity index (χ2n) is 7.27. The average Bonchev–Trinajstić information content (AvgIpc) is 2.61. The fourth-order valence-corrected chi connectivity index (χ4v) is 4.26. The number of nitrogens with zero attached hydrogens (tertiary/aromatic N) is 2. The van der Waals surface area contributed by atoms with Crippen molar-refractivity contribution < 1.29 is 8.42 Å². The van der Waals surface area contributed by atoms with Gasteiger partial charge in [-0.2, -0.15) is 0 Å². The third-order valence-electron chi connectivity index (χ3n) is 4.80. The summed E-state index contributed by atoms with van der Waals surface area (Å²) in [5, 5.41) is 3.14. The number of nitrogens with one attached hydrogen (secondary N) is 1. The maximum Gasteiger partial charge on any atom is 0.179 e. The van der Waals surface area contributed by atoms with Gasteiger partial charge in [-0.05, 0) is 48.6 Å². The van der Waals surface area contributed by atoms with E-state index in [0.717, 1.165) is 18.0 Å². The lowest BCUT2D eigenvalue weighted by Crippen LogP contribution is -2.33. The van der Waals surface area contributed by atoms with Gasteiger partial charge < -0.3 is 5.32 Å². The van der Waals surface area contributed by atoms with Crippen LogP contribution in [0.15, 0.2) is 47.5 Å². The Morgan fingerprint density at radius 2 is 1.92 bits per heavy atom. The first kappa shape index (κ1) is 18.9. The van der Waals surface area contributed by atoms with Gasteiger partial charge in [0.1, 0.15) is 10.7 Å². The predicted octanol–water partition coefficient (Wildman–Crippen LogP) is 3.33. The van der Waals surface area contributed by atoms with Crippen molar-refractivity contribution in [2.75, 3.05) is 24.7 Å². The molecule has 1 fully saturated rings. The largest absolute Gasteiger partial charge is 0.365 e. The Labute approximate surface area is 156 Å². The molecule has 1 aliphatic rings. The van der Waals surface area contributed by atoms with E-state index >= 15 is 0 Å². The third kappa shape index (κ3) is 5.05. The summed E-state index contributed by atoms with van der Waals surface area (Å²) < 4.78 is 23.7. The van der Waals surface area contributed by atoms with Gasteiger partial charge in [-0.15, -0.1) is 0 Å². The predicted molar refractivity (Wildman–Crippen MR) is 105 cm³/mol. The minimum absolute atomic E-state index is 0.232. The molecule has 0 spiro atoms. The van der Waals surface area contributed by atoms with Gasteiger partial charge in [0.15, 0.2) is 9.84 Å². The van der Waals surface area contributed by atoms with E-state index in [-0.39, 0.29) is 4.90 Å². The highest BCUT2D eigenvalue weighted by atomic mass is 32.2. The smallest absolute Gasteiger partial charge is 0.179 e. The summed E-state index contributed by atoms with van der Waals surface area (Å²) in [6, 6.07) is 11.7. The molecule has 3 rings (SSSR count). The van der Waals surface area contributed by atoms with Crippen LogP contribution < -0.4 is 5.32 Å². The summed E-state index contributed by atoms with van der Waals surface area (Å²) in [7, 11) is -3.30. The highest BCUT2D eigenvalue weighted by Crippen LogP contribution is 2.20. The molecule has 26 heavy (non-hydrogen) atoms. The molecular formula is C20H27N3O2S. The van der Waals surface area contributed by atoms with Crippen molar-refractivity contribution in [3.05, 3.63) is 53.7 Å². The molecule has 1 unspecified atom stereocenters. The zero-order chi connectivity index (χ0) is 18.6. The third-order valence-corrected chi connectivity index (χ3v) is 5.93. The minimum atomic E-state index is -3.30. The van der Waals surface area contributed by atoms with Crippen LogP contribution in [0.1, 0.15) is 30.9 Å². The van der Waals surface area contributed by atoms with Gasteiger partial charge in [0, 0.05) is 32.1 Å². The molecule has 0 radical (unpaired) electrons. The Morgan fingerprint density at radius 3 is 2.62 bits per heavy atom. The lowest BCUT2D eigenvalue weighted by molar-refractivity contribution is 0.176. The number of likely N-dealkylation sites (tertiary alicyclic amines) is 1. The Hall–Kier alpha value is -1.92. The van der Waals surface area contributed by atoms with Crippen LogP contribution in [-0.2, 0) is 22.9 Å². The number of rotatable bonds is 6. The highest BCUT2D eigenvalue weighted by molar-refractivity contribution is 7.90. The molecule has 1 saturated heterocycles. The van der Waals surface area contributed by atoms with E-state index in [1.807, 2.05) is 0 Å². The summed E-state index contributed by atoms with van der Waals surface area (Å²) >= 11 is 0. The molecule has 0 amide bonds. The van der Waals surface area contributed by atoms with Crippen LogP contribution in [0.2, 0.25) is 0 Å². The van der Waals surface area contributed by atoms with E-state index in [1.54, 1.807) is 18.3 Å². The van der Waals surface area contributed by atoms with Crippen LogP contribution in [0, 0.1) is 5.92 Å². The first-order valence-corrected chi connectivity index (χ1v) is 11.0. The lowest BCUT2D eigenvalue weighted by Gasteiger charge is -2.30. The summed E-state index contributed by atoms with van der Waals surface area (Å²) in [5.41, 5.74) is 2.42. The second kappa shape index (κ2) is 8.18. The van der Waals surface area contributed by atoms with Gasteiger partial charge in [-0.3, -0.25) is 4.90 Å².